The molecule has 3 nitrogen and oxygen atoms in total. The van der Waals surface area contributed by atoms with Crippen LogP contribution >= 0.6 is 11.3 Å². The Bertz CT molecular complexity index is 355. The van der Waals surface area contributed by atoms with E-state index in [-0.39, 0.29) is 0 Å². The van der Waals surface area contributed by atoms with Gasteiger partial charge in [-0.15, -0.1) is 11.3 Å². The van der Waals surface area contributed by atoms with Crippen LogP contribution in [0.3, 0.4) is 0 Å². The van der Waals surface area contributed by atoms with Gasteiger partial charge in [0.15, 0.2) is 0 Å². The van der Waals surface area contributed by atoms with E-state index in [4.69, 9.17) is 0 Å². The van der Waals surface area contributed by atoms with Gasteiger partial charge < -0.3 is 0 Å². The molecule has 2 rings (SSSR count). The van der Waals surface area contributed by atoms with E-state index in [0.29, 0.717) is 0 Å². The van der Waals surface area contributed by atoms with E-state index in [9.17, 15) is 0 Å². The van der Waals surface area contributed by atoms with Crippen LogP contribution in [0.5, 0.6) is 0 Å². The molecule has 0 aliphatic heterocycles. The first kappa shape index (κ1) is 5.73. The second-order valence-electron chi connectivity index (χ2n) is 1.96. The highest BCUT2D eigenvalue weighted by atomic mass is 32.1. The molecule has 0 atom stereocenters. The van der Waals surface area contributed by atoms with E-state index in [1.54, 1.807) is 11.7 Å². The fourth-order valence-corrected chi connectivity index (χ4v) is 1.43. The molecule has 0 radical (unpaired) electrons. The molecule has 2 heterocycles. The number of aryl methyl sites for hydroxylation is 1. The van der Waals surface area contributed by atoms with Crippen LogP contribution in [0.15, 0.2) is 11.7 Å². The SMILES string of the molecule is Cc1ncc2ncsc2n1. The van der Waals surface area contributed by atoms with Crippen LogP contribution in [-0.2, 0) is 0 Å². The monoisotopic (exact) mass is 151 g/mol. The highest BCUT2D eigenvalue weighted by Crippen LogP contribution is 2.12. The van der Waals surface area contributed by atoms with Gasteiger partial charge in [-0.2, -0.15) is 0 Å². The summed E-state index contributed by atoms with van der Waals surface area (Å²) in [7, 11) is 0. The summed E-state index contributed by atoms with van der Waals surface area (Å²) in [6.07, 6.45) is 1.74. The summed E-state index contributed by atoms with van der Waals surface area (Å²) in [5.74, 6) is 0.803. The minimum Gasteiger partial charge on any atom is -0.241 e. The molecule has 0 unspecified atom stereocenters. The molecular formula is C6H5N3S. The summed E-state index contributed by atoms with van der Waals surface area (Å²) in [6.45, 7) is 1.87. The Labute approximate surface area is 61.8 Å². The molecule has 0 N–H and O–H groups in total. The fourth-order valence-electron chi connectivity index (χ4n) is 0.751. The maximum Gasteiger partial charge on any atom is 0.146 e. The van der Waals surface area contributed by atoms with Gasteiger partial charge in [0, 0.05) is 0 Å². The highest BCUT2D eigenvalue weighted by Gasteiger charge is 1.96. The van der Waals surface area contributed by atoms with Crippen molar-refractivity contribution in [2.75, 3.05) is 0 Å². The summed E-state index contributed by atoms with van der Waals surface area (Å²) in [5.41, 5.74) is 2.66. The predicted octanol–water partition coefficient (Wildman–Crippen LogP) is 1.39. The lowest BCUT2D eigenvalue weighted by Gasteiger charge is -1.87. The quantitative estimate of drug-likeness (QED) is 0.571. The Balaban J connectivity index is 2.86. The van der Waals surface area contributed by atoms with Crippen molar-refractivity contribution in [2.24, 2.45) is 0 Å². The van der Waals surface area contributed by atoms with E-state index >= 15 is 0 Å². The maximum atomic E-state index is 4.18. The smallest absolute Gasteiger partial charge is 0.146 e. The van der Waals surface area contributed by atoms with E-state index in [0.717, 1.165) is 16.2 Å². The third-order valence-electron chi connectivity index (χ3n) is 1.21. The van der Waals surface area contributed by atoms with Crippen molar-refractivity contribution < 1.29 is 0 Å². The molecule has 4 heteroatoms. The normalized spacial score (nSPS) is 10.5. The average Bonchev–Trinajstić information content (AvgIpc) is 2.33. The van der Waals surface area contributed by atoms with Crippen LogP contribution in [0.4, 0.5) is 0 Å². The largest absolute Gasteiger partial charge is 0.241 e. The van der Waals surface area contributed by atoms with Crippen molar-refractivity contribution >= 4 is 21.7 Å². The number of aromatic nitrogens is 3. The molecule has 2 aromatic rings. The zero-order chi connectivity index (χ0) is 6.97. The minimum absolute atomic E-state index is 0.803. The van der Waals surface area contributed by atoms with Crippen LogP contribution in [0, 0.1) is 6.92 Å². The molecular weight excluding hydrogens is 146 g/mol. The number of hydrogen-bond donors (Lipinski definition) is 0. The molecule has 2 aromatic heterocycles. The molecule has 0 saturated heterocycles. The molecule has 50 valence electrons. The fraction of sp³-hybridized carbons (Fsp3) is 0.167. The molecule has 0 spiro atoms. The predicted molar refractivity (Wildman–Crippen MR) is 39.9 cm³/mol. The van der Waals surface area contributed by atoms with Gasteiger partial charge >= 0.3 is 0 Å². The molecule has 10 heavy (non-hydrogen) atoms. The molecule has 0 saturated carbocycles. The van der Waals surface area contributed by atoms with Crippen molar-refractivity contribution in [1.29, 1.82) is 0 Å². The lowest BCUT2D eigenvalue weighted by atomic mass is 10.5. The lowest BCUT2D eigenvalue weighted by molar-refractivity contribution is 1.09. The number of thiazole rings is 1. The minimum atomic E-state index is 0.803. The van der Waals surface area contributed by atoms with Gasteiger partial charge in [0.2, 0.25) is 0 Å². The molecule has 0 aliphatic rings. The number of rotatable bonds is 0. The average molecular weight is 151 g/mol. The van der Waals surface area contributed by atoms with Gasteiger partial charge in [-0.25, -0.2) is 15.0 Å². The van der Waals surface area contributed by atoms with Crippen molar-refractivity contribution in [3.8, 4) is 0 Å². The standard InChI is InChI=1S/C6H5N3S/c1-4-7-2-5-6(9-4)10-3-8-5/h2-3H,1H3. The Kier molecular flexibility index (Phi) is 1.14. The Hall–Kier alpha value is -1.03. The number of fused-ring (bicyclic) bond motifs is 1. The number of hydrogen-bond acceptors (Lipinski definition) is 4. The second-order valence-corrected chi connectivity index (χ2v) is 2.79. The summed E-state index contributed by atoms with van der Waals surface area (Å²) < 4.78 is 0. The van der Waals surface area contributed by atoms with E-state index in [1.165, 1.54) is 11.3 Å². The molecule has 0 fully saturated rings. The third-order valence-corrected chi connectivity index (χ3v) is 1.95. The van der Waals surface area contributed by atoms with Crippen LogP contribution in [-0.4, -0.2) is 15.0 Å². The highest BCUT2D eigenvalue weighted by molar-refractivity contribution is 7.16. The van der Waals surface area contributed by atoms with Crippen molar-refractivity contribution in [3.05, 3.63) is 17.5 Å². The van der Waals surface area contributed by atoms with Crippen molar-refractivity contribution in [3.63, 3.8) is 0 Å². The second kappa shape index (κ2) is 1.98. The van der Waals surface area contributed by atoms with Gasteiger partial charge in [-0.3, -0.25) is 0 Å². The summed E-state index contributed by atoms with van der Waals surface area (Å²) in [4.78, 5) is 13.2. The first-order chi connectivity index (χ1) is 4.86. The lowest BCUT2D eigenvalue weighted by Crippen LogP contribution is -1.83. The zero-order valence-corrected chi connectivity index (χ0v) is 6.22. The summed E-state index contributed by atoms with van der Waals surface area (Å²) >= 11 is 1.54. The van der Waals surface area contributed by atoms with Gasteiger partial charge in [-0.1, -0.05) is 0 Å². The van der Waals surface area contributed by atoms with Crippen LogP contribution in [0.2, 0.25) is 0 Å². The maximum absolute atomic E-state index is 4.18. The Morgan fingerprint density at radius 2 is 2.30 bits per heavy atom. The topological polar surface area (TPSA) is 38.7 Å². The zero-order valence-electron chi connectivity index (χ0n) is 5.40. The van der Waals surface area contributed by atoms with Crippen LogP contribution in [0.25, 0.3) is 10.3 Å². The van der Waals surface area contributed by atoms with Crippen molar-refractivity contribution in [1.82, 2.24) is 15.0 Å². The van der Waals surface area contributed by atoms with Gasteiger partial charge in [-0.05, 0) is 6.92 Å². The van der Waals surface area contributed by atoms with E-state index in [2.05, 4.69) is 15.0 Å². The van der Waals surface area contributed by atoms with Crippen molar-refractivity contribution in [2.45, 2.75) is 6.92 Å². The molecule has 0 aromatic carbocycles. The first-order valence-corrected chi connectivity index (χ1v) is 3.77. The Morgan fingerprint density at radius 3 is 3.20 bits per heavy atom. The first-order valence-electron chi connectivity index (χ1n) is 2.89. The summed E-state index contributed by atoms with van der Waals surface area (Å²) in [6, 6.07) is 0. The van der Waals surface area contributed by atoms with E-state index < -0.39 is 0 Å². The van der Waals surface area contributed by atoms with Gasteiger partial charge in [0.05, 0.1) is 11.7 Å². The molecule has 0 amide bonds. The molecule has 0 bridgehead atoms. The van der Waals surface area contributed by atoms with Gasteiger partial charge in [0.1, 0.15) is 16.2 Å². The third kappa shape index (κ3) is 0.769. The summed E-state index contributed by atoms with van der Waals surface area (Å²) in [5, 5.41) is 0. The number of nitrogens with zero attached hydrogens (tertiary/aromatic N) is 3. The van der Waals surface area contributed by atoms with Crippen LogP contribution < -0.4 is 0 Å². The van der Waals surface area contributed by atoms with Gasteiger partial charge in [0.25, 0.3) is 0 Å². The van der Waals surface area contributed by atoms with Crippen LogP contribution in [0.1, 0.15) is 5.82 Å². The Morgan fingerprint density at radius 1 is 1.40 bits per heavy atom. The van der Waals surface area contributed by atoms with E-state index in [1.807, 2.05) is 6.92 Å². The molecule has 0 aliphatic carbocycles.